The zero-order valence-corrected chi connectivity index (χ0v) is 14.4. The van der Waals surface area contributed by atoms with Gasteiger partial charge in [-0.2, -0.15) is 0 Å². The number of hydrogen-bond donors (Lipinski definition) is 1. The molecule has 0 fully saturated rings. The number of halogens is 2. The predicted molar refractivity (Wildman–Crippen MR) is 90.4 cm³/mol. The van der Waals surface area contributed by atoms with E-state index in [2.05, 4.69) is 15.3 Å². The monoisotopic (exact) mass is 355 g/mol. The van der Waals surface area contributed by atoms with Crippen LogP contribution >= 0.6 is 35.0 Å². The van der Waals surface area contributed by atoms with E-state index in [-0.39, 0.29) is 17.2 Å². The summed E-state index contributed by atoms with van der Waals surface area (Å²) in [4.78, 5) is 20.4. The number of carbonyl (C=O) groups excluding carboxylic acids is 1. The average molecular weight is 356 g/mol. The second kappa shape index (κ2) is 7.81. The molecule has 1 aromatic carbocycles. The van der Waals surface area contributed by atoms with Crippen LogP contribution in [0.4, 0.5) is 0 Å². The Kier molecular flexibility index (Phi) is 6.06. The third kappa shape index (κ3) is 4.60. The molecule has 0 unspecified atom stereocenters. The first-order valence-electron chi connectivity index (χ1n) is 6.66. The molecular weight excluding hydrogens is 341 g/mol. The van der Waals surface area contributed by atoms with Gasteiger partial charge in [0.1, 0.15) is 0 Å². The minimum atomic E-state index is -0.309. The van der Waals surface area contributed by atoms with E-state index >= 15 is 0 Å². The van der Waals surface area contributed by atoms with Gasteiger partial charge in [0, 0.05) is 22.4 Å². The molecular formula is C15H15Cl2N3OS. The van der Waals surface area contributed by atoms with Gasteiger partial charge in [-0.15, -0.1) is 0 Å². The fourth-order valence-corrected chi connectivity index (χ4v) is 3.13. The van der Waals surface area contributed by atoms with Crippen LogP contribution in [0.5, 0.6) is 0 Å². The largest absolute Gasteiger partial charge is 0.349 e. The van der Waals surface area contributed by atoms with Gasteiger partial charge in [0.15, 0.2) is 5.16 Å². The summed E-state index contributed by atoms with van der Waals surface area (Å²) in [6.45, 7) is 3.69. The number of thioether (sulfide) groups is 1. The minimum Gasteiger partial charge on any atom is -0.349 e. The Morgan fingerprint density at radius 3 is 2.55 bits per heavy atom. The molecule has 7 heteroatoms. The molecule has 2 atom stereocenters. The fraction of sp³-hybridized carbons (Fsp3) is 0.267. The molecule has 0 radical (unpaired) electrons. The Hall–Kier alpha value is -1.30. The number of amides is 1. The van der Waals surface area contributed by atoms with E-state index in [0.717, 1.165) is 5.56 Å². The van der Waals surface area contributed by atoms with Gasteiger partial charge in [-0.1, -0.05) is 41.0 Å². The summed E-state index contributed by atoms with van der Waals surface area (Å²) in [6.07, 6.45) is 3.30. The minimum absolute atomic E-state index is 0.101. The van der Waals surface area contributed by atoms with Gasteiger partial charge in [0.2, 0.25) is 5.91 Å². The molecule has 0 bridgehead atoms. The van der Waals surface area contributed by atoms with E-state index in [0.29, 0.717) is 15.2 Å². The maximum atomic E-state index is 12.3. The summed E-state index contributed by atoms with van der Waals surface area (Å²) in [7, 11) is 0. The number of hydrogen-bond acceptors (Lipinski definition) is 4. The first kappa shape index (κ1) is 17.1. The lowest BCUT2D eigenvalue weighted by Gasteiger charge is -2.18. The predicted octanol–water partition coefficient (Wildman–Crippen LogP) is 4.14. The van der Waals surface area contributed by atoms with Crippen molar-refractivity contribution in [1.82, 2.24) is 15.3 Å². The highest BCUT2D eigenvalue weighted by molar-refractivity contribution is 8.00. The van der Waals surface area contributed by atoms with E-state index in [4.69, 9.17) is 23.2 Å². The van der Waals surface area contributed by atoms with Crippen LogP contribution in [0.2, 0.25) is 10.0 Å². The fourth-order valence-electron chi connectivity index (χ4n) is 1.82. The van der Waals surface area contributed by atoms with E-state index in [1.54, 1.807) is 30.6 Å². The van der Waals surface area contributed by atoms with Crippen molar-refractivity contribution in [3.63, 3.8) is 0 Å². The van der Waals surface area contributed by atoms with Crippen molar-refractivity contribution < 1.29 is 4.79 Å². The zero-order chi connectivity index (χ0) is 16.1. The highest BCUT2D eigenvalue weighted by Gasteiger charge is 2.19. The second-order valence-electron chi connectivity index (χ2n) is 4.69. The van der Waals surface area contributed by atoms with Gasteiger partial charge in [0.05, 0.1) is 11.3 Å². The Balaban J connectivity index is 1.98. The summed E-state index contributed by atoms with van der Waals surface area (Å²) >= 11 is 13.3. The lowest BCUT2D eigenvalue weighted by atomic mass is 10.1. The second-order valence-corrected chi connectivity index (χ2v) is 6.84. The van der Waals surface area contributed by atoms with Crippen molar-refractivity contribution in [1.29, 1.82) is 0 Å². The van der Waals surface area contributed by atoms with Gasteiger partial charge in [-0.25, -0.2) is 9.97 Å². The molecule has 4 nitrogen and oxygen atoms in total. The third-order valence-corrected chi connectivity index (χ3v) is 4.53. The molecule has 0 saturated heterocycles. The van der Waals surface area contributed by atoms with Gasteiger partial charge in [-0.3, -0.25) is 4.79 Å². The molecule has 2 aromatic rings. The topological polar surface area (TPSA) is 54.9 Å². The number of aromatic nitrogens is 2. The van der Waals surface area contributed by atoms with Crippen molar-refractivity contribution in [2.45, 2.75) is 30.3 Å². The van der Waals surface area contributed by atoms with Crippen molar-refractivity contribution in [2.75, 3.05) is 0 Å². The van der Waals surface area contributed by atoms with Gasteiger partial charge >= 0.3 is 0 Å². The number of benzene rings is 1. The molecule has 0 aliphatic rings. The lowest BCUT2D eigenvalue weighted by Crippen LogP contribution is -2.33. The first-order chi connectivity index (χ1) is 10.5. The average Bonchev–Trinajstić information content (AvgIpc) is 2.47. The molecule has 22 heavy (non-hydrogen) atoms. The third-order valence-electron chi connectivity index (χ3n) is 2.98. The Morgan fingerprint density at radius 1 is 1.23 bits per heavy atom. The molecule has 0 aliphatic heterocycles. The van der Waals surface area contributed by atoms with Crippen molar-refractivity contribution >= 4 is 40.9 Å². The molecule has 0 saturated carbocycles. The normalized spacial score (nSPS) is 13.5. The van der Waals surface area contributed by atoms with Gasteiger partial charge in [0.25, 0.3) is 0 Å². The van der Waals surface area contributed by atoms with Crippen LogP contribution in [0.15, 0.2) is 41.8 Å². The lowest BCUT2D eigenvalue weighted by molar-refractivity contribution is -0.120. The molecule has 0 aliphatic carbocycles. The van der Waals surface area contributed by atoms with Crippen LogP contribution in [0.25, 0.3) is 0 Å². The van der Waals surface area contributed by atoms with E-state index in [1.165, 1.54) is 11.8 Å². The molecule has 1 aromatic heterocycles. The SMILES string of the molecule is C[C@H](NC(=O)[C@@H](C)Sc1ncccn1)c1ccc(Cl)cc1Cl. The smallest absolute Gasteiger partial charge is 0.233 e. The van der Waals surface area contributed by atoms with Crippen LogP contribution in [0.3, 0.4) is 0 Å². The summed E-state index contributed by atoms with van der Waals surface area (Å²) < 4.78 is 0. The number of nitrogens with one attached hydrogen (secondary N) is 1. The molecule has 1 amide bonds. The Morgan fingerprint density at radius 2 is 1.91 bits per heavy atom. The van der Waals surface area contributed by atoms with Crippen molar-refractivity contribution in [2.24, 2.45) is 0 Å². The Labute approximate surface area is 143 Å². The maximum absolute atomic E-state index is 12.3. The highest BCUT2D eigenvalue weighted by Crippen LogP contribution is 2.27. The van der Waals surface area contributed by atoms with Crippen LogP contribution in [0, 0.1) is 0 Å². The van der Waals surface area contributed by atoms with Crippen LogP contribution in [0.1, 0.15) is 25.5 Å². The van der Waals surface area contributed by atoms with E-state index in [9.17, 15) is 4.79 Å². The van der Waals surface area contributed by atoms with Crippen LogP contribution in [-0.4, -0.2) is 21.1 Å². The summed E-state index contributed by atoms with van der Waals surface area (Å²) in [5.74, 6) is -0.101. The molecule has 116 valence electrons. The summed E-state index contributed by atoms with van der Waals surface area (Å²) in [5.41, 5.74) is 0.826. The number of carbonyl (C=O) groups is 1. The Bertz CT molecular complexity index is 654. The zero-order valence-electron chi connectivity index (χ0n) is 12.1. The summed E-state index contributed by atoms with van der Waals surface area (Å²) in [5, 5.41) is 4.30. The van der Waals surface area contributed by atoms with Gasteiger partial charge in [-0.05, 0) is 37.6 Å². The highest BCUT2D eigenvalue weighted by atomic mass is 35.5. The number of nitrogens with zero attached hydrogens (tertiary/aromatic N) is 2. The molecule has 0 spiro atoms. The molecule has 2 rings (SSSR count). The van der Waals surface area contributed by atoms with Crippen LogP contribution < -0.4 is 5.32 Å². The van der Waals surface area contributed by atoms with Crippen molar-refractivity contribution in [3.05, 3.63) is 52.3 Å². The standard InChI is InChI=1S/C15H15Cl2N3OS/c1-9(12-5-4-11(16)8-13(12)17)20-14(21)10(2)22-15-18-6-3-7-19-15/h3-10H,1-2H3,(H,20,21)/t9-,10+/m0/s1. The van der Waals surface area contributed by atoms with Gasteiger partial charge < -0.3 is 5.32 Å². The summed E-state index contributed by atoms with van der Waals surface area (Å²) in [6, 6.07) is 6.75. The quantitative estimate of drug-likeness (QED) is 0.646. The van der Waals surface area contributed by atoms with E-state index < -0.39 is 0 Å². The molecule has 1 N–H and O–H groups in total. The van der Waals surface area contributed by atoms with E-state index in [1.807, 2.05) is 19.9 Å². The van der Waals surface area contributed by atoms with Crippen LogP contribution in [-0.2, 0) is 4.79 Å². The molecule has 1 heterocycles. The van der Waals surface area contributed by atoms with Crippen molar-refractivity contribution in [3.8, 4) is 0 Å². The first-order valence-corrected chi connectivity index (χ1v) is 8.30. The number of rotatable bonds is 5. The maximum Gasteiger partial charge on any atom is 0.233 e.